The third-order valence-corrected chi connectivity index (χ3v) is 5.73. The van der Waals surface area contributed by atoms with Crippen LogP contribution in [-0.2, 0) is 19.1 Å². The molecule has 0 radical (unpaired) electrons. The van der Waals surface area contributed by atoms with Gasteiger partial charge in [-0.3, -0.25) is 10.1 Å². The molecule has 3 aromatic carbocycles. The maximum absolute atomic E-state index is 12.5. The van der Waals surface area contributed by atoms with Gasteiger partial charge >= 0.3 is 24.0 Å². The molecule has 0 saturated heterocycles. The second-order valence-corrected chi connectivity index (χ2v) is 9.18. The maximum atomic E-state index is 12.5. The van der Waals surface area contributed by atoms with Gasteiger partial charge in [0.2, 0.25) is 0 Å². The van der Waals surface area contributed by atoms with Crippen LogP contribution in [0.2, 0.25) is 0 Å². The standard InChI is InChI=1S/C33H31NO10/c1-4-30(36)41-20-6-5-19-40-26-13-9-24(10-14-26)32(38)44-28-17-15-27(16-18-28)43-31(37)23-7-11-25(12-8-23)34-33(39)42-21-29(35)22(2)3/h4,7-18H,1-2,5-6,19-21H2,3H3,(H,34,39). The van der Waals surface area contributed by atoms with Crippen LogP contribution in [0, 0.1) is 0 Å². The molecule has 3 aromatic rings. The maximum Gasteiger partial charge on any atom is 0.412 e. The molecule has 1 amide bonds. The highest BCUT2D eigenvalue weighted by atomic mass is 16.6. The number of carbonyl (C=O) groups is 5. The molecule has 0 spiro atoms. The first kappa shape index (κ1) is 32.8. The van der Waals surface area contributed by atoms with Crippen molar-refractivity contribution < 1.29 is 47.7 Å². The average molecular weight is 602 g/mol. The molecular formula is C33H31NO10. The van der Waals surface area contributed by atoms with Crippen molar-refractivity contribution in [1.82, 2.24) is 0 Å². The molecule has 44 heavy (non-hydrogen) atoms. The summed E-state index contributed by atoms with van der Waals surface area (Å²) in [5.74, 6) is -1.02. The minimum Gasteiger partial charge on any atom is -0.494 e. The number of hydrogen-bond donors (Lipinski definition) is 1. The lowest BCUT2D eigenvalue weighted by Gasteiger charge is -2.09. The Morgan fingerprint density at radius 3 is 1.73 bits per heavy atom. The average Bonchev–Trinajstić information content (AvgIpc) is 3.02. The zero-order valence-electron chi connectivity index (χ0n) is 24.0. The van der Waals surface area contributed by atoms with Gasteiger partial charge in [0.05, 0.1) is 24.3 Å². The van der Waals surface area contributed by atoms with Gasteiger partial charge in [-0.05, 0) is 98.1 Å². The lowest BCUT2D eigenvalue weighted by Crippen LogP contribution is -2.19. The van der Waals surface area contributed by atoms with Crippen LogP contribution in [0.15, 0.2) is 97.6 Å². The van der Waals surface area contributed by atoms with E-state index in [4.69, 9.17) is 23.7 Å². The van der Waals surface area contributed by atoms with Crippen molar-refractivity contribution in [3.63, 3.8) is 0 Å². The summed E-state index contributed by atoms with van der Waals surface area (Å²) < 4.78 is 26.1. The van der Waals surface area contributed by atoms with Crippen molar-refractivity contribution in [2.24, 2.45) is 0 Å². The molecular weight excluding hydrogens is 570 g/mol. The van der Waals surface area contributed by atoms with Crippen LogP contribution in [0.4, 0.5) is 10.5 Å². The third-order valence-electron chi connectivity index (χ3n) is 5.73. The first-order chi connectivity index (χ1) is 21.1. The summed E-state index contributed by atoms with van der Waals surface area (Å²) in [7, 11) is 0. The Morgan fingerprint density at radius 1 is 0.705 bits per heavy atom. The van der Waals surface area contributed by atoms with E-state index in [1.807, 2.05) is 0 Å². The van der Waals surface area contributed by atoms with E-state index in [0.717, 1.165) is 6.08 Å². The van der Waals surface area contributed by atoms with Gasteiger partial charge in [-0.15, -0.1) is 0 Å². The summed E-state index contributed by atoms with van der Waals surface area (Å²) >= 11 is 0. The molecule has 228 valence electrons. The van der Waals surface area contributed by atoms with Crippen LogP contribution in [0.1, 0.15) is 40.5 Å². The second kappa shape index (κ2) is 16.7. The van der Waals surface area contributed by atoms with Crippen LogP contribution in [-0.4, -0.2) is 49.6 Å². The predicted molar refractivity (Wildman–Crippen MR) is 160 cm³/mol. The van der Waals surface area contributed by atoms with Crippen molar-refractivity contribution >= 4 is 35.5 Å². The second-order valence-electron chi connectivity index (χ2n) is 9.18. The monoisotopic (exact) mass is 601 g/mol. The Bertz CT molecular complexity index is 1490. The van der Waals surface area contributed by atoms with Crippen LogP contribution in [0.5, 0.6) is 17.2 Å². The smallest absolute Gasteiger partial charge is 0.412 e. The number of esters is 3. The highest BCUT2D eigenvalue weighted by Crippen LogP contribution is 2.21. The number of rotatable bonds is 15. The van der Waals surface area contributed by atoms with Crippen LogP contribution < -0.4 is 19.5 Å². The van der Waals surface area contributed by atoms with Crippen LogP contribution in [0.3, 0.4) is 0 Å². The molecule has 0 aromatic heterocycles. The number of ketones is 1. The number of unbranched alkanes of at least 4 members (excludes halogenated alkanes) is 1. The van der Waals surface area contributed by atoms with E-state index in [1.165, 1.54) is 55.5 Å². The van der Waals surface area contributed by atoms with Gasteiger partial charge in [0.15, 0.2) is 12.4 Å². The number of Topliss-reactive ketones (excluding diaryl/α,β-unsaturated/α-hetero) is 1. The SMILES string of the molecule is C=CC(=O)OCCCCOc1ccc(C(=O)Oc2ccc(OC(=O)c3ccc(NC(=O)OCC(=O)C(=C)C)cc3)cc2)cc1. The molecule has 3 rings (SSSR count). The van der Waals surface area contributed by atoms with Gasteiger partial charge < -0.3 is 23.7 Å². The summed E-state index contributed by atoms with van der Waals surface area (Å²) in [5, 5.41) is 2.45. The fraction of sp³-hybridized carbons (Fsp3) is 0.182. The van der Waals surface area contributed by atoms with E-state index in [0.29, 0.717) is 36.4 Å². The van der Waals surface area contributed by atoms with Gasteiger partial charge in [-0.25, -0.2) is 19.2 Å². The fourth-order valence-corrected chi connectivity index (χ4v) is 3.32. The zero-order chi connectivity index (χ0) is 31.9. The molecule has 0 aliphatic carbocycles. The number of ether oxygens (including phenoxy) is 5. The van der Waals surface area contributed by atoms with E-state index in [1.54, 1.807) is 24.3 Å². The molecule has 0 aliphatic rings. The number of hydrogen-bond acceptors (Lipinski definition) is 10. The fourth-order valence-electron chi connectivity index (χ4n) is 3.32. The lowest BCUT2D eigenvalue weighted by atomic mass is 10.2. The molecule has 0 heterocycles. The van der Waals surface area contributed by atoms with Crippen molar-refractivity contribution in [1.29, 1.82) is 0 Å². The number of nitrogens with one attached hydrogen (secondary N) is 1. The summed E-state index contributed by atoms with van der Waals surface area (Å²) in [4.78, 5) is 59.3. The largest absolute Gasteiger partial charge is 0.494 e. The summed E-state index contributed by atoms with van der Waals surface area (Å²) in [6.45, 7) is 8.62. The number of anilines is 1. The van der Waals surface area contributed by atoms with Gasteiger partial charge in [-0.2, -0.15) is 0 Å². The van der Waals surface area contributed by atoms with E-state index < -0.39 is 36.4 Å². The first-order valence-electron chi connectivity index (χ1n) is 13.4. The zero-order valence-corrected chi connectivity index (χ0v) is 24.0. The van der Waals surface area contributed by atoms with Gasteiger partial charge in [0.1, 0.15) is 17.2 Å². The minimum atomic E-state index is -0.823. The molecule has 11 heteroatoms. The molecule has 0 aliphatic heterocycles. The van der Waals surface area contributed by atoms with Gasteiger partial charge in [0, 0.05) is 11.8 Å². The highest BCUT2D eigenvalue weighted by Gasteiger charge is 2.13. The third kappa shape index (κ3) is 10.9. The van der Waals surface area contributed by atoms with Crippen molar-refractivity contribution in [2.75, 3.05) is 25.1 Å². The molecule has 0 fully saturated rings. The molecule has 0 atom stereocenters. The quantitative estimate of drug-likeness (QED) is 0.0996. The van der Waals surface area contributed by atoms with E-state index >= 15 is 0 Å². The summed E-state index contributed by atoms with van der Waals surface area (Å²) in [5.41, 5.74) is 1.17. The summed E-state index contributed by atoms with van der Waals surface area (Å²) in [6, 6.07) is 18.3. The van der Waals surface area contributed by atoms with Crippen LogP contribution in [0.25, 0.3) is 0 Å². The molecule has 0 saturated carbocycles. The summed E-state index contributed by atoms with van der Waals surface area (Å²) in [6.07, 6.45) is 1.62. The van der Waals surface area contributed by atoms with Crippen molar-refractivity contribution in [2.45, 2.75) is 19.8 Å². The Morgan fingerprint density at radius 2 is 1.20 bits per heavy atom. The highest BCUT2D eigenvalue weighted by molar-refractivity contribution is 5.97. The molecule has 0 bridgehead atoms. The molecule has 1 N–H and O–H groups in total. The van der Waals surface area contributed by atoms with Crippen molar-refractivity contribution in [3.8, 4) is 17.2 Å². The van der Waals surface area contributed by atoms with Gasteiger partial charge in [0.25, 0.3) is 0 Å². The normalized spacial score (nSPS) is 10.1. The molecule has 11 nitrogen and oxygen atoms in total. The van der Waals surface area contributed by atoms with Gasteiger partial charge in [-0.1, -0.05) is 13.2 Å². The predicted octanol–water partition coefficient (Wildman–Crippen LogP) is 5.71. The topological polar surface area (TPSA) is 144 Å². The van der Waals surface area contributed by atoms with Crippen LogP contribution >= 0.6 is 0 Å². The Labute approximate surface area is 254 Å². The molecule has 0 unspecified atom stereocenters. The Kier molecular flexibility index (Phi) is 12.4. The number of carbonyl (C=O) groups excluding carboxylic acids is 5. The van der Waals surface area contributed by atoms with Crippen molar-refractivity contribution in [3.05, 3.63) is 109 Å². The minimum absolute atomic E-state index is 0.221. The van der Waals surface area contributed by atoms with E-state index in [9.17, 15) is 24.0 Å². The Hall–Kier alpha value is -5.71. The first-order valence-corrected chi connectivity index (χ1v) is 13.4. The Balaban J connectivity index is 1.42. The number of benzene rings is 3. The van der Waals surface area contributed by atoms with E-state index in [-0.39, 0.29) is 29.2 Å². The number of amides is 1. The lowest BCUT2D eigenvalue weighted by molar-refractivity contribution is -0.137. The van der Waals surface area contributed by atoms with E-state index in [2.05, 4.69) is 18.5 Å².